The van der Waals surface area contributed by atoms with Crippen LogP contribution in [0.5, 0.6) is 0 Å². The largest absolute Gasteiger partial charge is 0.305 e. The smallest absolute Gasteiger partial charge is 0.258 e. The van der Waals surface area contributed by atoms with Crippen LogP contribution in [0.3, 0.4) is 0 Å². The zero-order chi connectivity index (χ0) is 16.4. The summed E-state index contributed by atoms with van der Waals surface area (Å²) in [7, 11) is 0. The molecule has 0 atom stereocenters. The fourth-order valence-electron chi connectivity index (χ4n) is 2.50. The summed E-state index contributed by atoms with van der Waals surface area (Å²) in [5.74, 6) is -0.822. The number of halogens is 2. The Kier molecular flexibility index (Phi) is 4.21. The van der Waals surface area contributed by atoms with E-state index >= 15 is 0 Å². The number of rotatable bonds is 3. The lowest BCUT2D eigenvalue weighted by Crippen LogP contribution is -1.95. The van der Waals surface area contributed by atoms with E-state index in [1.807, 2.05) is 36.4 Å². The summed E-state index contributed by atoms with van der Waals surface area (Å²) < 4.78 is 15.4. The van der Waals surface area contributed by atoms with Gasteiger partial charge in [-0.2, -0.15) is 4.39 Å². The molecule has 0 aromatic heterocycles. The van der Waals surface area contributed by atoms with Crippen LogP contribution >= 0.6 is 15.9 Å². The minimum atomic E-state index is -0.822. The Morgan fingerprint density at radius 3 is 1.91 bits per heavy atom. The molecule has 3 rings (SSSR count). The summed E-state index contributed by atoms with van der Waals surface area (Å²) >= 11 is 3.49. The van der Waals surface area contributed by atoms with Gasteiger partial charge >= 0.3 is 5.69 Å². The number of hydrogen-bond acceptors (Lipinski definition) is 2. The molecule has 0 aliphatic heterocycles. The summed E-state index contributed by atoms with van der Waals surface area (Å²) in [5.41, 5.74) is 2.00. The third-order valence-electron chi connectivity index (χ3n) is 3.56. The molecule has 3 nitrogen and oxygen atoms in total. The number of nitrogens with zero attached hydrogens (tertiary/aromatic N) is 1. The molecule has 0 saturated heterocycles. The molecular weight excluding hydrogens is 361 g/mol. The molecule has 0 unspecified atom stereocenters. The van der Waals surface area contributed by atoms with Gasteiger partial charge in [0.05, 0.1) is 4.92 Å². The van der Waals surface area contributed by atoms with Crippen molar-refractivity contribution in [1.29, 1.82) is 0 Å². The number of nitro groups is 1. The molecule has 114 valence electrons. The lowest BCUT2D eigenvalue weighted by atomic mass is 9.94. The van der Waals surface area contributed by atoms with E-state index in [-0.39, 0.29) is 5.56 Å². The van der Waals surface area contributed by atoms with Crippen LogP contribution in [-0.2, 0) is 0 Å². The van der Waals surface area contributed by atoms with Gasteiger partial charge in [0.1, 0.15) is 0 Å². The molecule has 0 heterocycles. The topological polar surface area (TPSA) is 43.1 Å². The highest BCUT2D eigenvalue weighted by Crippen LogP contribution is 2.38. The number of nitro benzene ring substituents is 1. The maximum absolute atomic E-state index is 14.6. The SMILES string of the molecule is O=[N+]([O-])c1cccc(-c2ccccc2-c2ccccc2Br)c1F. The zero-order valence-electron chi connectivity index (χ0n) is 11.9. The fourth-order valence-corrected chi connectivity index (χ4v) is 3.00. The highest BCUT2D eigenvalue weighted by atomic mass is 79.9. The molecule has 0 N–H and O–H groups in total. The molecule has 3 aromatic rings. The molecule has 3 aromatic carbocycles. The van der Waals surface area contributed by atoms with E-state index in [4.69, 9.17) is 0 Å². The summed E-state index contributed by atoms with van der Waals surface area (Å²) in [5, 5.41) is 11.0. The van der Waals surface area contributed by atoms with Gasteiger partial charge in [-0.05, 0) is 22.8 Å². The second kappa shape index (κ2) is 6.30. The molecule has 0 saturated carbocycles. The summed E-state index contributed by atoms with van der Waals surface area (Å²) in [4.78, 5) is 10.3. The quantitative estimate of drug-likeness (QED) is 0.429. The first-order valence-corrected chi connectivity index (χ1v) is 7.66. The minimum absolute atomic E-state index is 0.213. The van der Waals surface area contributed by atoms with Crippen molar-refractivity contribution in [2.75, 3.05) is 0 Å². The Bertz CT molecular complexity index is 896. The van der Waals surface area contributed by atoms with Gasteiger partial charge in [0.2, 0.25) is 5.82 Å². The Balaban J connectivity index is 2.26. The first-order chi connectivity index (χ1) is 11.1. The van der Waals surface area contributed by atoms with E-state index in [1.54, 1.807) is 18.2 Å². The predicted octanol–water partition coefficient (Wildman–Crippen LogP) is 5.83. The van der Waals surface area contributed by atoms with Gasteiger partial charge in [-0.3, -0.25) is 10.1 Å². The molecule has 0 amide bonds. The highest BCUT2D eigenvalue weighted by molar-refractivity contribution is 9.10. The number of hydrogen-bond donors (Lipinski definition) is 0. The van der Waals surface area contributed by atoms with Crippen LogP contribution in [0.15, 0.2) is 71.2 Å². The van der Waals surface area contributed by atoms with E-state index in [2.05, 4.69) is 15.9 Å². The third kappa shape index (κ3) is 2.87. The second-order valence-electron chi connectivity index (χ2n) is 4.92. The average Bonchev–Trinajstić information content (AvgIpc) is 2.55. The Morgan fingerprint density at radius 2 is 1.30 bits per heavy atom. The molecule has 5 heteroatoms. The van der Waals surface area contributed by atoms with Crippen molar-refractivity contribution in [2.45, 2.75) is 0 Å². The Labute approximate surface area is 140 Å². The van der Waals surface area contributed by atoms with E-state index in [9.17, 15) is 14.5 Å². The molecule has 0 aliphatic carbocycles. The Morgan fingerprint density at radius 1 is 0.783 bits per heavy atom. The lowest BCUT2D eigenvalue weighted by molar-refractivity contribution is -0.387. The highest BCUT2D eigenvalue weighted by Gasteiger charge is 2.20. The van der Waals surface area contributed by atoms with Crippen LogP contribution in [0.4, 0.5) is 10.1 Å². The van der Waals surface area contributed by atoms with Gasteiger partial charge in [-0.1, -0.05) is 70.5 Å². The zero-order valence-corrected chi connectivity index (χ0v) is 13.5. The minimum Gasteiger partial charge on any atom is -0.258 e. The fraction of sp³-hybridized carbons (Fsp3) is 0. The predicted molar refractivity (Wildman–Crippen MR) is 91.6 cm³/mol. The molecule has 23 heavy (non-hydrogen) atoms. The van der Waals surface area contributed by atoms with Crippen LogP contribution in [0.2, 0.25) is 0 Å². The van der Waals surface area contributed by atoms with Gasteiger partial charge in [-0.25, -0.2) is 0 Å². The van der Waals surface area contributed by atoms with Gasteiger partial charge in [0.25, 0.3) is 0 Å². The van der Waals surface area contributed by atoms with E-state index in [0.717, 1.165) is 15.6 Å². The van der Waals surface area contributed by atoms with Crippen molar-refractivity contribution < 1.29 is 9.31 Å². The monoisotopic (exact) mass is 371 g/mol. The first-order valence-electron chi connectivity index (χ1n) is 6.87. The van der Waals surface area contributed by atoms with Gasteiger partial charge < -0.3 is 0 Å². The molecule has 0 aliphatic rings. The Hall–Kier alpha value is -2.53. The van der Waals surface area contributed by atoms with Crippen LogP contribution in [0, 0.1) is 15.9 Å². The molecule has 0 spiro atoms. The standard InChI is InChI=1S/C18H11BrFNO2/c19-16-10-4-3-8-14(16)12-6-1-2-7-13(12)15-9-5-11-17(18(15)20)21(22)23/h1-11H. The van der Waals surface area contributed by atoms with Crippen molar-refractivity contribution in [2.24, 2.45) is 0 Å². The normalized spacial score (nSPS) is 10.5. The average molecular weight is 372 g/mol. The van der Waals surface area contributed by atoms with E-state index in [0.29, 0.717) is 5.56 Å². The van der Waals surface area contributed by atoms with E-state index < -0.39 is 16.4 Å². The molecular formula is C18H11BrFNO2. The summed E-state index contributed by atoms with van der Waals surface area (Å²) in [6, 6.07) is 19.1. The van der Waals surface area contributed by atoms with Gasteiger partial charge in [0, 0.05) is 16.1 Å². The van der Waals surface area contributed by atoms with Crippen LogP contribution < -0.4 is 0 Å². The summed E-state index contributed by atoms with van der Waals surface area (Å²) in [6.45, 7) is 0. The number of benzene rings is 3. The molecule has 0 fully saturated rings. The van der Waals surface area contributed by atoms with Crippen LogP contribution in [0.1, 0.15) is 0 Å². The van der Waals surface area contributed by atoms with Crippen LogP contribution in [0.25, 0.3) is 22.3 Å². The second-order valence-corrected chi connectivity index (χ2v) is 5.78. The van der Waals surface area contributed by atoms with Gasteiger partial charge in [0.15, 0.2) is 0 Å². The van der Waals surface area contributed by atoms with Crippen molar-refractivity contribution in [3.63, 3.8) is 0 Å². The van der Waals surface area contributed by atoms with Crippen molar-refractivity contribution in [3.8, 4) is 22.3 Å². The van der Waals surface area contributed by atoms with Crippen LogP contribution in [-0.4, -0.2) is 4.92 Å². The maximum Gasteiger partial charge on any atom is 0.305 e. The molecule has 0 radical (unpaired) electrons. The van der Waals surface area contributed by atoms with Gasteiger partial charge in [-0.15, -0.1) is 0 Å². The molecule has 0 bridgehead atoms. The summed E-state index contributed by atoms with van der Waals surface area (Å²) in [6.07, 6.45) is 0. The van der Waals surface area contributed by atoms with Crippen molar-refractivity contribution in [1.82, 2.24) is 0 Å². The lowest BCUT2D eigenvalue weighted by Gasteiger charge is -2.12. The first kappa shape index (κ1) is 15.4. The van der Waals surface area contributed by atoms with Crippen molar-refractivity contribution >= 4 is 21.6 Å². The van der Waals surface area contributed by atoms with Crippen molar-refractivity contribution in [3.05, 3.63) is 87.1 Å². The third-order valence-corrected chi connectivity index (χ3v) is 4.25. The van der Waals surface area contributed by atoms with E-state index in [1.165, 1.54) is 12.1 Å². The maximum atomic E-state index is 14.6.